The molecule has 1 heterocycles. The second kappa shape index (κ2) is 6.09. The Morgan fingerprint density at radius 1 is 1.64 bits per heavy atom. The number of aliphatic hydroxyl groups is 1. The number of hydrogen-bond acceptors (Lipinski definition) is 3. The largest absolute Gasteiger partial charge is 0.396 e. The van der Waals surface area contributed by atoms with Gasteiger partial charge in [0.1, 0.15) is 0 Å². The van der Waals surface area contributed by atoms with Crippen LogP contribution in [0.15, 0.2) is 12.7 Å². The van der Waals surface area contributed by atoms with Crippen molar-refractivity contribution in [2.45, 2.75) is 6.42 Å². The van der Waals surface area contributed by atoms with E-state index in [9.17, 15) is 4.79 Å². The first-order valence-corrected chi connectivity index (χ1v) is 6.02. The van der Waals surface area contributed by atoms with Gasteiger partial charge in [-0.25, -0.2) is 0 Å². The summed E-state index contributed by atoms with van der Waals surface area (Å²) in [5, 5.41) is 8.58. The van der Waals surface area contributed by atoms with E-state index in [-0.39, 0.29) is 12.5 Å². The zero-order valence-electron chi connectivity index (χ0n) is 8.32. The number of amides is 1. The zero-order chi connectivity index (χ0) is 10.4. The molecular weight excluding hydrogens is 198 g/mol. The summed E-state index contributed by atoms with van der Waals surface area (Å²) in [5.74, 6) is 2.24. The summed E-state index contributed by atoms with van der Waals surface area (Å²) in [6, 6.07) is 0. The predicted molar refractivity (Wildman–Crippen MR) is 59.3 cm³/mol. The number of thioether (sulfide) groups is 1. The molecule has 1 rings (SSSR count). The van der Waals surface area contributed by atoms with Gasteiger partial charge in [-0.1, -0.05) is 6.08 Å². The highest BCUT2D eigenvalue weighted by molar-refractivity contribution is 7.99. The molecule has 0 aliphatic carbocycles. The first kappa shape index (κ1) is 11.6. The molecule has 0 radical (unpaired) electrons. The lowest BCUT2D eigenvalue weighted by Gasteiger charge is -2.15. The van der Waals surface area contributed by atoms with Crippen molar-refractivity contribution in [2.75, 3.05) is 31.2 Å². The minimum absolute atomic E-state index is 0.216. The molecule has 1 unspecified atom stereocenters. The first-order chi connectivity index (χ1) is 6.77. The predicted octanol–water partition coefficient (Wildman–Crippen LogP) is 0.746. The molecule has 1 N–H and O–H groups in total. The van der Waals surface area contributed by atoms with E-state index in [4.69, 9.17) is 5.11 Å². The molecule has 1 aliphatic heterocycles. The van der Waals surface area contributed by atoms with Gasteiger partial charge in [0.15, 0.2) is 0 Å². The van der Waals surface area contributed by atoms with Crippen LogP contribution >= 0.6 is 11.8 Å². The van der Waals surface area contributed by atoms with Gasteiger partial charge in [-0.05, 0) is 0 Å². The summed E-state index contributed by atoms with van der Waals surface area (Å²) in [5.41, 5.74) is 0. The van der Waals surface area contributed by atoms with Crippen LogP contribution in [-0.4, -0.2) is 47.1 Å². The SMILES string of the molecule is C=CC1CC(=O)N(CCSCCO)C1. The summed E-state index contributed by atoms with van der Waals surface area (Å²) >= 11 is 1.68. The lowest BCUT2D eigenvalue weighted by atomic mass is 10.1. The number of carbonyl (C=O) groups excluding carboxylic acids is 1. The lowest BCUT2D eigenvalue weighted by molar-refractivity contribution is -0.127. The number of rotatable bonds is 6. The molecule has 1 fully saturated rings. The molecule has 1 aliphatic rings. The monoisotopic (exact) mass is 215 g/mol. The van der Waals surface area contributed by atoms with Crippen LogP contribution in [0.3, 0.4) is 0 Å². The quantitative estimate of drug-likeness (QED) is 0.525. The highest BCUT2D eigenvalue weighted by Crippen LogP contribution is 2.18. The Morgan fingerprint density at radius 2 is 2.43 bits per heavy atom. The van der Waals surface area contributed by atoms with E-state index in [0.717, 1.165) is 24.6 Å². The van der Waals surface area contributed by atoms with Crippen molar-refractivity contribution in [3.05, 3.63) is 12.7 Å². The standard InChI is InChI=1S/C10H17NO2S/c1-2-9-7-10(13)11(8-9)3-5-14-6-4-12/h2,9,12H,1,3-8H2. The van der Waals surface area contributed by atoms with E-state index < -0.39 is 0 Å². The fourth-order valence-corrected chi connectivity index (χ4v) is 2.20. The molecule has 0 bridgehead atoms. The van der Waals surface area contributed by atoms with E-state index in [1.54, 1.807) is 11.8 Å². The average Bonchev–Trinajstić information content (AvgIpc) is 2.54. The maximum Gasteiger partial charge on any atom is 0.223 e. The maximum atomic E-state index is 11.4. The number of likely N-dealkylation sites (tertiary alicyclic amines) is 1. The van der Waals surface area contributed by atoms with Crippen molar-refractivity contribution in [1.29, 1.82) is 0 Å². The van der Waals surface area contributed by atoms with Gasteiger partial charge in [-0.3, -0.25) is 4.79 Å². The topological polar surface area (TPSA) is 40.5 Å². The lowest BCUT2D eigenvalue weighted by Crippen LogP contribution is -2.27. The molecule has 0 aromatic carbocycles. The molecular formula is C10H17NO2S. The van der Waals surface area contributed by atoms with Crippen LogP contribution in [0.25, 0.3) is 0 Å². The van der Waals surface area contributed by atoms with Crippen LogP contribution in [0.4, 0.5) is 0 Å². The van der Waals surface area contributed by atoms with Crippen LogP contribution in [0, 0.1) is 5.92 Å². The number of carbonyl (C=O) groups is 1. The molecule has 0 saturated carbocycles. The second-order valence-electron chi connectivity index (χ2n) is 3.38. The number of aliphatic hydroxyl groups excluding tert-OH is 1. The Bertz CT molecular complexity index is 208. The Kier molecular flexibility index (Phi) is 5.04. The van der Waals surface area contributed by atoms with Gasteiger partial charge in [0, 0.05) is 36.9 Å². The van der Waals surface area contributed by atoms with Gasteiger partial charge >= 0.3 is 0 Å². The minimum atomic E-state index is 0.216. The summed E-state index contributed by atoms with van der Waals surface area (Å²) in [7, 11) is 0. The molecule has 80 valence electrons. The van der Waals surface area contributed by atoms with Crippen molar-refractivity contribution in [3.8, 4) is 0 Å². The smallest absolute Gasteiger partial charge is 0.223 e. The van der Waals surface area contributed by atoms with Gasteiger partial charge in [0.2, 0.25) is 5.91 Å². The summed E-state index contributed by atoms with van der Waals surface area (Å²) < 4.78 is 0. The van der Waals surface area contributed by atoms with Crippen LogP contribution < -0.4 is 0 Å². The van der Waals surface area contributed by atoms with Gasteiger partial charge in [0.05, 0.1) is 6.61 Å². The summed E-state index contributed by atoms with van der Waals surface area (Å²) in [6.45, 7) is 5.54. The molecule has 0 aromatic rings. The Labute approximate surface area is 89.2 Å². The third-order valence-electron chi connectivity index (χ3n) is 2.32. The molecule has 14 heavy (non-hydrogen) atoms. The maximum absolute atomic E-state index is 11.4. The van der Waals surface area contributed by atoms with Crippen molar-refractivity contribution < 1.29 is 9.90 Å². The molecule has 0 aromatic heterocycles. The van der Waals surface area contributed by atoms with Gasteiger partial charge < -0.3 is 10.0 Å². The Morgan fingerprint density at radius 3 is 3.00 bits per heavy atom. The van der Waals surface area contributed by atoms with Crippen LogP contribution in [-0.2, 0) is 4.79 Å². The fraction of sp³-hybridized carbons (Fsp3) is 0.700. The minimum Gasteiger partial charge on any atom is -0.396 e. The van der Waals surface area contributed by atoms with Crippen molar-refractivity contribution in [1.82, 2.24) is 4.90 Å². The molecule has 1 atom stereocenters. The van der Waals surface area contributed by atoms with E-state index in [1.807, 2.05) is 11.0 Å². The van der Waals surface area contributed by atoms with E-state index in [0.29, 0.717) is 12.3 Å². The highest BCUT2D eigenvalue weighted by Gasteiger charge is 2.26. The van der Waals surface area contributed by atoms with E-state index in [1.165, 1.54) is 0 Å². The molecule has 3 nitrogen and oxygen atoms in total. The molecule has 1 amide bonds. The summed E-state index contributed by atoms with van der Waals surface area (Å²) in [4.78, 5) is 13.3. The molecule has 4 heteroatoms. The highest BCUT2D eigenvalue weighted by atomic mass is 32.2. The van der Waals surface area contributed by atoms with Crippen LogP contribution in [0.2, 0.25) is 0 Å². The van der Waals surface area contributed by atoms with Crippen LogP contribution in [0.5, 0.6) is 0 Å². The third kappa shape index (κ3) is 3.35. The second-order valence-corrected chi connectivity index (χ2v) is 4.60. The Hall–Kier alpha value is -0.480. The van der Waals surface area contributed by atoms with E-state index >= 15 is 0 Å². The van der Waals surface area contributed by atoms with Gasteiger partial charge in [-0.2, -0.15) is 11.8 Å². The zero-order valence-corrected chi connectivity index (χ0v) is 9.13. The average molecular weight is 215 g/mol. The van der Waals surface area contributed by atoms with E-state index in [2.05, 4.69) is 6.58 Å². The Balaban J connectivity index is 2.18. The molecule has 0 spiro atoms. The number of nitrogens with zero attached hydrogens (tertiary/aromatic N) is 1. The fourth-order valence-electron chi connectivity index (χ4n) is 1.52. The van der Waals surface area contributed by atoms with Crippen molar-refractivity contribution in [3.63, 3.8) is 0 Å². The van der Waals surface area contributed by atoms with Crippen molar-refractivity contribution in [2.24, 2.45) is 5.92 Å². The summed E-state index contributed by atoms with van der Waals surface area (Å²) in [6.07, 6.45) is 2.48. The van der Waals surface area contributed by atoms with Crippen molar-refractivity contribution >= 4 is 17.7 Å². The van der Waals surface area contributed by atoms with Gasteiger partial charge in [0.25, 0.3) is 0 Å². The molecule has 1 saturated heterocycles. The third-order valence-corrected chi connectivity index (χ3v) is 3.26. The van der Waals surface area contributed by atoms with Crippen LogP contribution in [0.1, 0.15) is 6.42 Å². The normalized spacial score (nSPS) is 21.6. The number of hydrogen-bond donors (Lipinski definition) is 1. The first-order valence-electron chi connectivity index (χ1n) is 4.87. The van der Waals surface area contributed by atoms with Gasteiger partial charge in [-0.15, -0.1) is 6.58 Å².